The average molecular weight is 334 g/mol. The lowest BCUT2D eigenvalue weighted by atomic mass is 10.1. The van der Waals surface area contributed by atoms with Crippen LogP contribution in [0.1, 0.15) is 17.4 Å². The maximum absolute atomic E-state index is 5.83. The van der Waals surface area contributed by atoms with Crippen LogP contribution >= 0.6 is 11.8 Å². The predicted octanol–water partition coefficient (Wildman–Crippen LogP) is 0.543. The van der Waals surface area contributed by atoms with Crippen LogP contribution in [0.4, 0.5) is 11.9 Å². The summed E-state index contributed by atoms with van der Waals surface area (Å²) >= 11 is 1.97. The zero-order valence-electron chi connectivity index (χ0n) is 13.7. The van der Waals surface area contributed by atoms with E-state index in [1.165, 1.54) is 5.56 Å². The van der Waals surface area contributed by atoms with E-state index in [4.69, 9.17) is 5.73 Å². The zero-order chi connectivity index (χ0) is 16.4. The summed E-state index contributed by atoms with van der Waals surface area (Å²) in [5, 5.41) is 4.30. The number of nitrogen functional groups attached to an aromatic ring is 1. The molecule has 9 heteroatoms. The van der Waals surface area contributed by atoms with Crippen molar-refractivity contribution in [3.05, 3.63) is 23.8 Å². The molecule has 1 saturated heterocycles. The van der Waals surface area contributed by atoms with E-state index in [1.807, 2.05) is 48.7 Å². The van der Waals surface area contributed by atoms with E-state index >= 15 is 0 Å². The van der Waals surface area contributed by atoms with Crippen molar-refractivity contribution < 1.29 is 0 Å². The highest BCUT2D eigenvalue weighted by Gasteiger charge is 2.26. The highest BCUT2D eigenvalue weighted by Crippen LogP contribution is 2.30. The van der Waals surface area contributed by atoms with Crippen LogP contribution < -0.4 is 10.6 Å². The van der Waals surface area contributed by atoms with Crippen LogP contribution in [0, 0.1) is 0 Å². The summed E-state index contributed by atoms with van der Waals surface area (Å²) in [5.74, 6) is 3.73. The fourth-order valence-corrected chi connectivity index (χ4v) is 3.78. The molecule has 1 atom stereocenters. The standard InChI is InChI=1S/C14H22N8S/c1-20(2)14-18-12(17-13(15)19-14)8-22-4-5-23-9-11(22)10-6-16-21(3)7-10/h6-7,11H,4-5,8-9H2,1-3H3,(H2,15,17,18,19)/t11-/m0/s1. The SMILES string of the molecule is CN(C)c1nc(N)nc(CN2CCSC[C@H]2c2cnn(C)c2)n1. The first-order chi connectivity index (χ1) is 11.0. The monoisotopic (exact) mass is 334 g/mol. The molecule has 1 fully saturated rings. The van der Waals surface area contributed by atoms with Crippen LogP contribution in [-0.4, -0.2) is 61.8 Å². The molecule has 3 heterocycles. The number of rotatable bonds is 4. The summed E-state index contributed by atoms with van der Waals surface area (Å²) in [6.45, 7) is 1.65. The number of aromatic nitrogens is 5. The third-order valence-corrected chi connectivity index (χ3v) is 4.80. The van der Waals surface area contributed by atoms with Gasteiger partial charge in [0, 0.05) is 57.0 Å². The molecule has 1 aliphatic rings. The minimum atomic E-state index is 0.267. The summed E-state index contributed by atoms with van der Waals surface area (Å²) in [6.07, 6.45) is 4.02. The van der Waals surface area contributed by atoms with E-state index in [1.54, 1.807) is 0 Å². The van der Waals surface area contributed by atoms with Gasteiger partial charge in [-0.3, -0.25) is 9.58 Å². The molecule has 2 aromatic heterocycles. The largest absolute Gasteiger partial charge is 0.368 e. The molecule has 0 bridgehead atoms. The van der Waals surface area contributed by atoms with Crippen LogP contribution in [-0.2, 0) is 13.6 Å². The molecule has 124 valence electrons. The number of nitrogens with two attached hydrogens (primary N) is 1. The summed E-state index contributed by atoms with van der Waals surface area (Å²) in [5.41, 5.74) is 7.06. The number of thioether (sulfide) groups is 1. The molecule has 0 spiro atoms. The Hall–Kier alpha value is -1.87. The lowest BCUT2D eigenvalue weighted by molar-refractivity contribution is 0.206. The van der Waals surface area contributed by atoms with Crippen molar-refractivity contribution in [2.45, 2.75) is 12.6 Å². The van der Waals surface area contributed by atoms with Gasteiger partial charge in [0.2, 0.25) is 11.9 Å². The van der Waals surface area contributed by atoms with Gasteiger partial charge in [0.25, 0.3) is 0 Å². The van der Waals surface area contributed by atoms with Gasteiger partial charge in [-0.05, 0) is 0 Å². The molecule has 0 radical (unpaired) electrons. The Labute approximate surface area is 140 Å². The second-order valence-corrected chi connectivity index (χ2v) is 6.96. The average Bonchev–Trinajstić information content (AvgIpc) is 2.93. The van der Waals surface area contributed by atoms with Gasteiger partial charge in [-0.1, -0.05) is 0 Å². The van der Waals surface area contributed by atoms with Crippen LogP contribution in [0.5, 0.6) is 0 Å². The minimum absolute atomic E-state index is 0.267. The van der Waals surface area contributed by atoms with Gasteiger partial charge in [-0.15, -0.1) is 0 Å². The van der Waals surface area contributed by atoms with E-state index in [0.717, 1.165) is 18.1 Å². The van der Waals surface area contributed by atoms with Crippen LogP contribution in [0.15, 0.2) is 12.4 Å². The highest BCUT2D eigenvalue weighted by molar-refractivity contribution is 7.99. The smallest absolute Gasteiger partial charge is 0.229 e. The van der Waals surface area contributed by atoms with Gasteiger partial charge in [0.05, 0.1) is 12.7 Å². The molecular formula is C14H22N8S. The molecule has 0 aromatic carbocycles. The van der Waals surface area contributed by atoms with Crippen molar-refractivity contribution in [3.8, 4) is 0 Å². The van der Waals surface area contributed by atoms with Crippen molar-refractivity contribution in [1.29, 1.82) is 0 Å². The molecule has 0 amide bonds. The van der Waals surface area contributed by atoms with E-state index in [2.05, 4.69) is 31.1 Å². The molecular weight excluding hydrogens is 312 g/mol. The van der Waals surface area contributed by atoms with Crippen LogP contribution in [0.2, 0.25) is 0 Å². The number of aryl methyl sites for hydroxylation is 1. The van der Waals surface area contributed by atoms with E-state index in [-0.39, 0.29) is 5.95 Å². The number of anilines is 2. The predicted molar refractivity (Wildman–Crippen MR) is 92.3 cm³/mol. The third kappa shape index (κ3) is 3.73. The molecule has 0 aliphatic carbocycles. The van der Waals surface area contributed by atoms with Gasteiger partial charge >= 0.3 is 0 Å². The number of nitrogens with zero attached hydrogens (tertiary/aromatic N) is 7. The molecule has 1 aliphatic heterocycles. The van der Waals surface area contributed by atoms with Gasteiger partial charge in [0.15, 0.2) is 0 Å². The summed E-state index contributed by atoms with van der Waals surface area (Å²) in [6, 6.07) is 0.322. The number of hydrogen-bond acceptors (Lipinski definition) is 8. The first kappa shape index (κ1) is 16.0. The Morgan fingerprint density at radius 3 is 2.87 bits per heavy atom. The van der Waals surface area contributed by atoms with Crippen molar-refractivity contribution in [2.24, 2.45) is 7.05 Å². The quantitative estimate of drug-likeness (QED) is 0.867. The zero-order valence-corrected chi connectivity index (χ0v) is 14.5. The molecule has 8 nitrogen and oxygen atoms in total. The topological polar surface area (TPSA) is 89.0 Å². The van der Waals surface area contributed by atoms with Crippen molar-refractivity contribution in [1.82, 2.24) is 29.6 Å². The van der Waals surface area contributed by atoms with Gasteiger partial charge in [-0.25, -0.2) is 0 Å². The summed E-state index contributed by atoms with van der Waals surface area (Å²) in [4.78, 5) is 17.2. The van der Waals surface area contributed by atoms with Crippen LogP contribution in [0.25, 0.3) is 0 Å². The second kappa shape index (κ2) is 6.71. The maximum atomic E-state index is 5.83. The second-order valence-electron chi connectivity index (χ2n) is 5.81. The minimum Gasteiger partial charge on any atom is -0.368 e. The van der Waals surface area contributed by atoms with E-state index in [0.29, 0.717) is 24.4 Å². The summed E-state index contributed by atoms with van der Waals surface area (Å²) < 4.78 is 1.85. The Bertz CT molecular complexity index is 671. The molecule has 0 saturated carbocycles. The van der Waals surface area contributed by atoms with Crippen molar-refractivity contribution in [3.63, 3.8) is 0 Å². The molecule has 2 aromatic rings. The lowest BCUT2D eigenvalue weighted by Gasteiger charge is -2.34. The molecule has 3 rings (SSSR count). The highest BCUT2D eigenvalue weighted by atomic mass is 32.2. The Morgan fingerprint density at radius 2 is 2.17 bits per heavy atom. The normalized spacial score (nSPS) is 19.0. The van der Waals surface area contributed by atoms with Gasteiger partial charge in [0.1, 0.15) is 5.82 Å². The molecule has 23 heavy (non-hydrogen) atoms. The Kier molecular flexibility index (Phi) is 4.67. The third-order valence-electron chi connectivity index (χ3n) is 3.78. The molecule has 0 unspecified atom stereocenters. The molecule has 2 N–H and O–H groups in total. The maximum Gasteiger partial charge on any atom is 0.229 e. The Balaban J connectivity index is 1.82. The summed E-state index contributed by atoms with van der Waals surface area (Å²) in [7, 11) is 5.74. The van der Waals surface area contributed by atoms with E-state index in [9.17, 15) is 0 Å². The fraction of sp³-hybridized carbons (Fsp3) is 0.571. The van der Waals surface area contributed by atoms with E-state index < -0.39 is 0 Å². The van der Waals surface area contributed by atoms with Crippen molar-refractivity contribution >= 4 is 23.7 Å². The van der Waals surface area contributed by atoms with Gasteiger partial charge < -0.3 is 10.6 Å². The first-order valence-corrected chi connectivity index (χ1v) is 8.66. The lowest BCUT2D eigenvalue weighted by Crippen LogP contribution is -2.36. The van der Waals surface area contributed by atoms with Crippen molar-refractivity contribution in [2.75, 3.05) is 42.8 Å². The fourth-order valence-electron chi connectivity index (χ4n) is 2.62. The first-order valence-electron chi connectivity index (χ1n) is 7.51. The van der Waals surface area contributed by atoms with Gasteiger partial charge in [-0.2, -0.15) is 31.8 Å². The van der Waals surface area contributed by atoms with Crippen LogP contribution in [0.3, 0.4) is 0 Å². The number of hydrogen-bond donors (Lipinski definition) is 1. The Morgan fingerprint density at radius 1 is 1.35 bits per heavy atom.